The molecule has 0 bridgehead atoms. The third-order valence-corrected chi connectivity index (χ3v) is 4.18. The van der Waals surface area contributed by atoms with Gasteiger partial charge in [-0.25, -0.2) is 4.57 Å². The summed E-state index contributed by atoms with van der Waals surface area (Å²) in [5.74, 6) is 1.27. The van der Waals surface area contributed by atoms with Crippen LogP contribution in [-0.4, -0.2) is 27.1 Å². The molecule has 0 amide bonds. The van der Waals surface area contributed by atoms with Crippen molar-refractivity contribution in [3.05, 3.63) is 59.8 Å². The molecule has 0 saturated carbocycles. The molecule has 0 aliphatic heterocycles. The number of methoxy groups -OCH3 is 3. The topological polar surface area (TPSA) is 48.6 Å². The molecule has 0 fully saturated rings. The van der Waals surface area contributed by atoms with Crippen LogP contribution in [-0.2, 0) is 7.05 Å². The van der Waals surface area contributed by atoms with Gasteiger partial charge in [-0.2, -0.15) is 0 Å². The van der Waals surface area contributed by atoms with Crippen molar-refractivity contribution >= 4 is 16.7 Å². The first-order valence-electron chi connectivity index (χ1n) is 7.82. The van der Waals surface area contributed by atoms with Crippen molar-refractivity contribution in [3.63, 3.8) is 0 Å². The molecule has 25 heavy (non-hydrogen) atoms. The van der Waals surface area contributed by atoms with Gasteiger partial charge < -0.3 is 14.2 Å². The Kier molecular flexibility index (Phi) is 4.57. The third kappa shape index (κ3) is 3.01. The Bertz CT molecular complexity index is 925. The maximum absolute atomic E-state index is 13.0. The highest BCUT2D eigenvalue weighted by molar-refractivity contribution is 6.11. The van der Waals surface area contributed by atoms with E-state index in [9.17, 15) is 4.79 Å². The number of benzene rings is 2. The number of ether oxygens (including phenoxy) is 3. The van der Waals surface area contributed by atoms with E-state index in [0.29, 0.717) is 28.4 Å². The number of aryl methyl sites for hydroxylation is 1. The van der Waals surface area contributed by atoms with E-state index in [1.54, 1.807) is 12.1 Å². The molecule has 0 aliphatic rings. The van der Waals surface area contributed by atoms with Crippen LogP contribution in [0.5, 0.6) is 17.2 Å². The fraction of sp³-hybridized carbons (Fsp3) is 0.200. The first-order valence-corrected chi connectivity index (χ1v) is 7.82. The van der Waals surface area contributed by atoms with Crippen molar-refractivity contribution < 1.29 is 23.6 Å². The van der Waals surface area contributed by atoms with Crippen LogP contribution in [0.3, 0.4) is 0 Å². The van der Waals surface area contributed by atoms with Gasteiger partial charge in [0, 0.05) is 28.6 Å². The number of ketones is 1. The summed E-state index contributed by atoms with van der Waals surface area (Å²) in [6.07, 6.45) is 1.98. The molecule has 3 rings (SSSR count). The molecule has 0 spiro atoms. The van der Waals surface area contributed by atoms with E-state index in [1.807, 2.05) is 48.1 Å². The van der Waals surface area contributed by atoms with Crippen LogP contribution in [0.15, 0.2) is 48.7 Å². The number of carbonyl (C=O) groups is 1. The number of rotatable bonds is 5. The van der Waals surface area contributed by atoms with E-state index in [-0.39, 0.29) is 5.78 Å². The second kappa shape index (κ2) is 6.81. The maximum atomic E-state index is 13.0. The van der Waals surface area contributed by atoms with Crippen LogP contribution in [0.4, 0.5) is 0 Å². The number of hydrogen-bond donors (Lipinski definition) is 0. The van der Waals surface area contributed by atoms with Gasteiger partial charge in [0.25, 0.3) is 0 Å². The standard InChI is InChI=1S/C20H20NO4/c1-21-9-5-6-13-10-14(7-8-16(13)21)19(22)15-11-17(23-2)20(25-4)18(12-15)24-3/h5-12H,1-4H3/q+1. The Morgan fingerprint density at radius 1 is 0.880 bits per heavy atom. The molecule has 0 N–H and O–H groups in total. The molecule has 0 saturated heterocycles. The largest absolute Gasteiger partial charge is 0.493 e. The summed E-state index contributed by atoms with van der Waals surface area (Å²) in [5.41, 5.74) is 2.14. The van der Waals surface area contributed by atoms with Crippen LogP contribution in [0, 0.1) is 0 Å². The predicted molar refractivity (Wildman–Crippen MR) is 94.7 cm³/mol. The molecule has 2 aromatic carbocycles. The van der Waals surface area contributed by atoms with Crippen LogP contribution in [0.1, 0.15) is 15.9 Å². The quantitative estimate of drug-likeness (QED) is 0.530. The van der Waals surface area contributed by atoms with Crippen molar-refractivity contribution in [1.29, 1.82) is 0 Å². The van der Waals surface area contributed by atoms with Gasteiger partial charge in [-0.05, 0) is 30.3 Å². The lowest BCUT2D eigenvalue weighted by Gasteiger charge is -2.13. The van der Waals surface area contributed by atoms with Gasteiger partial charge in [-0.1, -0.05) is 0 Å². The minimum atomic E-state index is -0.104. The molecular formula is C20H20NO4+. The van der Waals surface area contributed by atoms with E-state index < -0.39 is 0 Å². The van der Waals surface area contributed by atoms with E-state index in [4.69, 9.17) is 14.2 Å². The highest BCUT2D eigenvalue weighted by atomic mass is 16.5. The van der Waals surface area contributed by atoms with Gasteiger partial charge in [0.1, 0.15) is 7.05 Å². The summed E-state index contributed by atoms with van der Waals surface area (Å²) in [4.78, 5) is 13.0. The van der Waals surface area contributed by atoms with Gasteiger partial charge in [-0.15, -0.1) is 0 Å². The Hall–Kier alpha value is -3.08. The Balaban J connectivity index is 2.09. The molecule has 5 heteroatoms. The molecule has 0 atom stereocenters. The van der Waals surface area contributed by atoms with Crippen LogP contribution >= 0.6 is 0 Å². The lowest BCUT2D eigenvalue weighted by molar-refractivity contribution is -0.644. The van der Waals surface area contributed by atoms with Crippen LogP contribution in [0.25, 0.3) is 10.9 Å². The number of aromatic nitrogens is 1. The Morgan fingerprint density at radius 2 is 1.56 bits per heavy atom. The summed E-state index contributed by atoms with van der Waals surface area (Å²) in [5, 5.41) is 1.00. The maximum Gasteiger partial charge on any atom is 0.212 e. The molecule has 128 valence electrons. The molecule has 5 nitrogen and oxygen atoms in total. The van der Waals surface area contributed by atoms with Gasteiger partial charge in [0.05, 0.1) is 21.3 Å². The average molecular weight is 338 g/mol. The Labute approximate surface area is 146 Å². The highest BCUT2D eigenvalue weighted by Gasteiger charge is 2.19. The minimum absolute atomic E-state index is 0.104. The van der Waals surface area contributed by atoms with E-state index in [0.717, 1.165) is 10.9 Å². The van der Waals surface area contributed by atoms with Crippen LogP contribution in [0.2, 0.25) is 0 Å². The Morgan fingerprint density at radius 3 is 2.16 bits per heavy atom. The summed E-state index contributed by atoms with van der Waals surface area (Å²) in [6.45, 7) is 0. The lowest BCUT2D eigenvalue weighted by Crippen LogP contribution is -2.27. The fourth-order valence-electron chi connectivity index (χ4n) is 2.89. The molecule has 0 aliphatic carbocycles. The van der Waals surface area contributed by atoms with Gasteiger partial charge >= 0.3 is 0 Å². The summed E-state index contributed by atoms with van der Waals surface area (Å²) in [7, 11) is 6.57. The van der Waals surface area contributed by atoms with E-state index in [2.05, 4.69) is 0 Å². The van der Waals surface area contributed by atoms with E-state index in [1.165, 1.54) is 21.3 Å². The molecule has 0 radical (unpaired) electrons. The summed E-state index contributed by atoms with van der Waals surface area (Å²) < 4.78 is 18.0. The van der Waals surface area contributed by atoms with Crippen molar-refractivity contribution in [2.75, 3.05) is 21.3 Å². The first kappa shape index (κ1) is 16.8. The fourth-order valence-corrected chi connectivity index (χ4v) is 2.89. The number of carbonyl (C=O) groups excluding carboxylic acids is 1. The van der Waals surface area contributed by atoms with Crippen molar-refractivity contribution in [1.82, 2.24) is 0 Å². The molecular weight excluding hydrogens is 318 g/mol. The zero-order valence-corrected chi connectivity index (χ0v) is 14.7. The number of hydrogen-bond acceptors (Lipinski definition) is 4. The monoisotopic (exact) mass is 338 g/mol. The third-order valence-electron chi connectivity index (χ3n) is 4.18. The molecule has 0 unspecified atom stereocenters. The van der Waals surface area contributed by atoms with E-state index >= 15 is 0 Å². The number of pyridine rings is 1. The average Bonchev–Trinajstić information content (AvgIpc) is 2.66. The number of nitrogens with zero attached hydrogens (tertiary/aromatic N) is 1. The smallest absolute Gasteiger partial charge is 0.212 e. The van der Waals surface area contributed by atoms with Crippen molar-refractivity contribution in [3.8, 4) is 17.2 Å². The molecule has 3 aromatic rings. The normalized spacial score (nSPS) is 10.6. The molecule has 1 aromatic heterocycles. The lowest BCUT2D eigenvalue weighted by atomic mass is 10.0. The van der Waals surface area contributed by atoms with Crippen LogP contribution < -0.4 is 18.8 Å². The highest BCUT2D eigenvalue weighted by Crippen LogP contribution is 2.38. The van der Waals surface area contributed by atoms with Gasteiger partial charge in [-0.3, -0.25) is 4.79 Å². The SMILES string of the molecule is COc1cc(C(=O)c2ccc3c(ccc[n+]3C)c2)cc(OC)c1OC. The second-order valence-corrected chi connectivity index (χ2v) is 5.64. The van der Waals surface area contributed by atoms with Gasteiger partial charge in [0.15, 0.2) is 23.5 Å². The zero-order valence-electron chi connectivity index (χ0n) is 14.7. The predicted octanol–water partition coefficient (Wildman–Crippen LogP) is 2.92. The zero-order chi connectivity index (χ0) is 18.0. The first-order chi connectivity index (χ1) is 12.1. The minimum Gasteiger partial charge on any atom is -0.493 e. The number of fused-ring (bicyclic) bond motifs is 1. The van der Waals surface area contributed by atoms with Gasteiger partial charge in [0.2, 0.25) is 11.3 Å². The molecule has 1 heterocycles. The van der Waals surface area contributed by atoms with Crippen molar-refractivity contribution in [2.24, 2.45) is 7.05 Å². The van der Waals surface area contributed by atoms with Crippen molar-refractivity contribution in [2.45, 2.75) is 0 Å². The summed E-state index contributed by atoms with van der Waals surface area (Å²) in [6, 6.07) is 12.9. The summed E-state index contributed by atoms with van der Waals surface area (Å²) >= 11 is 0. The second-order valence-electron chi connectivity index (χ2n) is 5.64.